The minimum absolute atomic E-state index is 0.741. The van der Waals surface area contributed by atoms with Gasteiger partial charge in [0.05, 0.1) is 0 Å². The molecule has 1 aliphatic carbocycles. The fourth-order valence-corrected chi connectivity index (χ4v) is 2.91. The average Bonchev–Trinajstić information content (AvgIpc) is 3.17. The van der Waals surface area contributed by atoms with Crippen LogP contribution in [0.25, 0.3) is 0 Å². The summed E-state index contributed by atoms with van der Waals surface area (Å²) >= 11 is 1.75. The Morgan fingerprint density at radius 3 is 2.63 bits per heavy atom. The highest BCUT2D eigenvalue weighted by Gasteiger charge is 2.20. The van der Waals surface area contributed by atoms with Crippen molar-refractivity contribution in [3.63, 3.8) is 0 Å². The number of aromatic nitrogens is 2. The molecule has 0 radical (unpaired) electrons. The molecule has 19 heavy (non-hydrogen) atoms. The van der Waals surface area contributed by atoms with E-state index in [9.17, 15) is 0 Å². The van der Waals surface area contributed by atoms with Gasteiger partial charge in [-0.3, -0.25) is 0 Å². The van der Waals surface area contributed by atoms with Gasteiger partial charge in [0.1, 0.15) is 10.0 Å². The molecule has 1 saturated carbocycles. The topological polar surface area (TPSA) is 37.8 Å². The zero-order chi connectivity index (χ0) is 12.9. The monoisotopic (exact) mass is 273 g/mol. The van der Waals surface area contributed by atoms with Crippen LogP contribution in [0.4, 0.5) is 0 Å². The Hall–Kier alpha value is -1.26. The summed E-state index contributed by atoms with van der Waals surface area (Å²) in [6.07, 6.45) is 5.95. The number of hydrogen-bond donors (Lipinski definition) is 1. The maximum Gasteiger partial charge on any atom is 0.131 e. The molecule has 1 aromatic heterocycles. The first-order valence-electron chi connectivity index (χ1n) is 6.99. The summed E-state index contributed by atoms with van der Waals surface area (Å²) in [5.74, 6) is 0. The van der Waals surface area contributed by atoms with Crippen LogP contribution in [0.2, 0.25) is 0 Å². The zero-order valence-corrected chi connectivity index (χ0v) is 11.8. The number of rotatable bonds is 7. The highest BCUT2D eigenvalue weighted by Crippen LogP contribution is 2.20. The van der Waals surface area contributed by atoms with E-state index in [1.807, 2.05) is 0 Å². The highest BCUT2D eigenvalue weighted by atomic mass is 32.1. The van der Waals surface area contributed by atoms with Crippen molar-refractivity contribution in [1.29, 1.82) is 0 Å². The summed E-state index contributed by atoms with van der Waals surface area (Å²) in [5, 5.41) is 14.3. The van der Waals surface area contributed by atoms with Crippen molar-refractivity contribution >= 4 is 11.3 Å². The van der Waals surface area contributed by atoms with Gasteiger partial charge in [0, 0.05) is 19.0 Å². The van der Waals surface area contributed by atoms with Crippen LogP contribution < -0.4 is 5.32 Å². The van der Waals surface area contributed by atoms with Gasteiger partial charge in [0.2, 0.25) is 0 Å². The summed E-state index contributed by atoms with van der Waals surface area (Å²) in [6, 6.07) is 11.4. The fourth-order valence-electron chi connectivity index (χ4n) is 2.07. The Bertz CT molecular complexity index is 505. The van der Waals surface area contributed by atoms with Crippen LogP contribution in [-0.2, 0) is 19.4 Å². The third kappa shape index (κ3) is 4.11. The van der Waals surface area contributed by atoms with E-state index in [4.69, 9.17) is 0 Å². The van der Waals surface area contributed by atoms with Crippen LogP contribution in [0.3, 0.4) is 0 Å². The number of hydrogen-bond acceptors (Lipinski definition) is 4. The minimum atomic E-state index is 0.741. The summed E-state index contributed by atoms with van der Waals surface area (Å²) < 4.78 is 0. The summed E-state index contributed by atoms with van der Waals surface area (Å²) in [7, 11) is 0. The molecule has 1 fully saturated rings. The maximum absolute atomic E-state index is 4.27. The van der Waals surface area contributed by atoms with E-state index in [0.29, 0.717) is 0 Å². The Balaban J connectivity index is 1.42. The van der Waals surface area contributed by atoms with E-state index < -0.39 is 0 Å². The van der Waals surface area contributed by atoms with Crippen LogP contribution >= 0.6 is 11.3 Å². The fraction of sp³-hybridized carbons (Fsp3) is 0.467. The van der Waals surface area contributed by atoms with Gasteiger partial charge in [-0.25, -0.2) is 0 Å². The van der Waals surface area contributed by atoms with Gasteiger partial charge in [-0.2, -0.15) is 0 Å². The Morgan fingerprint density at radius 2 is 1.84 bits per heavy atom. The quantitative estimate of drug-likeness (QED) is 0.843. The highest BCUT2D eigenvalue weighted by molar-refractivity contribution is 7.11. The van der Waals surface area contributed by atoms with Crippen molar-refractivity contribution in [3.05, 3.63) is 45.9 Å². The second-order valence-corrected chi connectivity index (χ2v) is 6.23. The van der Waals surface area contributed by atoms with Crippen LogP contribution in [0.15, 0.2) is 30.3 Å². The molecule has 1 aliphatic rings. The van der Waals surface area contributed by atoms with Crippen molar-refractivity contribution in [2.75, 3.05) is 0 Å². The van der Waals surface area contributed by atoms with Crippen molar-refractivity contribution in [1.82, 2.24) is 15.5 Å². The molecule has 4 heteroatoms. The van der Waals surface area contributed by atoms with Crippen LogP contribution in [-0.4, -0.2) is 16.2 Å². The molecule has 0 atom stereocenters. The standard InChI is InChI=1S/C15H19N3S/c1-2-5-12(6-3-1)7-4-8-14-17-18-15(19-14)11-16-13-9-10-13/h1-3,5-6,13,16H,4,7-11H2. The lowest BCUT2D eigenvalue weighted by atomic mass is 10.1. The molecule has 1 heterocycles. The average molecular weight is 273 g/mol. The molecule has 0 bridgehead atoms. The van der Waals surface area contributed by atoms with Gasteiger partial charge >= 0.3 is 0 Å². The maximum atomic E-state index is 4.27. The molecule has 0 unspecified atom stereocenters. The molecular formula is C15H19N3S. The number of benzene rings is 1. The van der Waals surface area contributed by atoms with Crippen molar-refractivity contribution in [3.8, 4) is 0 Å². The first-order valence-corrected chi connectivity index (χ1v) is 7.80. The molecule has 100 valence electrons. The molecule has 1 aromatic carbocycles. The summed E-state index contributed by atoms with van der Waals surface area (Å²) in [5.41, 5.74) is 1.41. The van der Waals surface area contributed by atoms with E-state index in [2.05, 4.69) is 45.8 Å². The first kappa shape index (κ1) is 12.8. The Labute approximate surface area is 118 Å². The predicted molar refractivity (Wildman–Crippen MR) is 78.2 cm³/mol. The molecule has 0 amide bonds. The zero-order valence-electron chi connectivity index (χ0n) is 11.0. The lowest BCUT2D eigenvalue weighted by Gasteiger charge is -1.98. The van der Waals surface area contributed by atoms with Crippen molar-refractivity contribution in [2.45, 2.75) is 44.7 Å². The van der Waals surface area contributed by atoms with Gasteiger partial charge in [0.25, 0.3) is 0 Å². The smallest absolute Gasteiger partial charge is 0.131 e. The molecule has 1 N–H and O–H groups in total. The van der Waals surface area contributed by atoms with E-state index in [0.717, 1.165) is 36.9 Å². The predicted octanol–water partition coefficient (Wildman–Crippen LogP) is 2.97. The van der Waals surface area contributed by atoms with Gasteiger partial charge < -0.3 is 5.32 Å². The second-order valence-electron chi connectivity index (χ2n) is 5.08. The van der Waals surface area contributed by atoms with Gasteiger partial charge in [0.15, 0.2) is 0 Å². The van der Waals surface area contributed by atoms with E-state index in [-0.39, 0.29) is 0 Å². The van der Waals surface area contributed by atoms with Gasteiger partial charge in [-0.05, 0) is 31.2 Å². The van der Waals surface area contributed by atoms with E-state index in [1.54, 1.807) is 11.3 Å². The van der Waals surface area contributed by atoms with Crippen LogP contribution in [0.5, 0.6) is 0 Å². The number of nitrogens with zero attached hydrogens (tertiary/aromatic N) is 2. The van der Waals surface area contributed by atoms with Crippen LogP contribution in [0.1, 0.15) is 34.8 Å². The summed E-state index contributed by atoms with van der Waals surface area (Å²) in [6.45, 7) is 0.890. The largest absolute Gasteiger partial charge is 0.308 e. The Morgan fingerprint density at radius 1 is 1.05 bits per heavy atom. The molecule has 0 aliphatic heterocycles. The summed E-state index contributed by atoms with van der Waals surface area (Å²) in [4.78, 5) is 0. The SMILES string of the molecule is c1ccc(CCCc2nnc(CNC3CC3)s2)cc1. The molecule has 3 nitrogen and oxygen atoms in total. The molecular weight excluding hydrogens is 254 g/mol. The first-order chi connectivity index (χ1) is 9.40. The third-order valence-corrected chi connectivity index (χ3v) is 4.31. The lowest BCUT2D eigenvalue weighted by molar-refractivity contribution is 0.677. The molecule has 0 spiro atoms. The molecule has 0 saturated heterocycles. The Kier molecular flexibility index (Phi) is 4.20. The molecule has 3 rings (SSSR count). The van der Waals surface area contributed by atoms with Crippen molar-refractivity contribution < 1.29 is 0 Å². The number of nitrogens with one attached hydrogen (secondary N) is 1. The molecule has 2 aromatic rings. The van der Waals surface area contributed by atoms with Gasteiger partial charge in [-0.1, -0.05) is 30.3 Å². The van der Waals surface area contributed by atoms with Crippen molar-refractivity contribution in [2.24, 2.45) is 0 Å². The normalized spacial score (nSPS) is 14.7. The lowest BCUT2D eigenvalue weighted by Crippen LogP contribution is -2.14. The van der Waals surface area contributed by atoms with Crippen LogP contribution in [0, 0.1) is 0 Å². The van der Waals surface area contributed by atoms with Gasteiger partial charge in [-0.15, -0.1) is 21.5 Å². The van der Waals surface area contributed by atoms with E-state index in [1.165, 1.54) is 23.4 Å². The third-order valence-electron chi connectivity index (χ3n) is 3.33. The number of aryl methyl sites for hydroxylation is 2. The van der Waals surface area contributed by atoms with E-state index >= 15 is 0 Å². The minimum Gasteiger partial charge on any atom is -0.308 e. The second kappa shape index (κ2) is 6.26.